The molecule has 0 unspecified atom stereocenters. The van der Waals surface area contributed by atoms with Crippen molar-refractivity contribution in [1.29, 1.82) is 0 Å². The van der Waals surface area contributed by atoms with E-state index in [2.05, 4.69) is 30.7 Å². The maximum Gasteiger partial charge on any atom is 0.319 e. The van der Waals surface area contributed by atoms with Crippen molar-refractivity contribution in [2.45, 2.75) is 19.9 Å². The number of aryl methyl sites for hydroxylation is 1. The van der Waals surface area contributed by atoms with E-state index >= 15 is 0 Å². The number of amides is 2. The summed E-state index contributed by atoms with van der Waals surface area (Å²) in [5.74, 6) is -0.675. The fraction of sp³-hybridized carbons (Fsp3) is 0.188. The van der Waals surface area contributed by atoms with Gasteiger partial charge in [0.05, 0.1) is 11.7 Å². The third-order valence-electron chi connectivity index (χ3n) is 3.55. The van der Waals surface area contributed by atoms with Gasteiger partial charge in [0, 0.05) is 18.5 Å². The second-order valence-electron chi connectivity index (χ2n) is 5.48. The number of nitrogens with zero attached hydrogens (tertiary/aromatic N) is 5. The van der Waals surface area contributed by atoms with E-state index in [0.717, 1.165) is 12.1 Å². The summed E-state index contributed by atoms with van der Waals surface area (Å²) in [5, 5.41) is 8.89. The van der Waals surface area contributed by atoms with Crippen LogP contribution in [0.15, 0.2) is 36.9 Å². The molecule has 1 atom stereocenters. The van der Waals surface area contributed by atoms with E-state index in [1.54, 1.807) is 25.4 Å². The first kappa shape index (κ1) is 17.4. The highest BCUT2D eigenvalue weighted by Gasteiger charge is 2.19. The lowest BCUT2D eigenvalue weighted by molar-refractivity contribution is 0.248. The number of urea groups is 1. The number of anilines is 1. The molecule has 8 nitrogen and oxygen atoms in total. The Hall–Kier alpha value is -3.43. The smallest absolute Gasteiger partial charge is 0.319 e. The Balaban J connectivity index is 1.73. The molecule has 0 aliphatic carbocycles. The van der Waals surface area contributed by atoms with Crippen LogP contribution in [-0.4, -0.2) is 30.8 Å². The van der Waals surface area contributed by atoms with Gasteiger partial charge in [-0.25, -0.2) is 28.5 Å². The molecule has 0 aliphatic rings. The number of halogens is 2. The number of nitrogens with one attached hydrogen (secondary N) is 2. The van der Waals surface area contributed by atoms with Crippen LogP contribution in [0.3, 0.4) is 0 Å². The summed E-state index contributed by atoms with van der Waals surface area (Å²) < 4.78 is 28.8. The van der Waals surface area contributed by atoms with E-state index in [-0.39, 0.29) is 11.3 Å². The van der Waals surface area contributed by atoms with Crippen LogP contribution < -0.4 is 10.6 Å². The lowest BCUT2D eigenvalue weighted by Crippen LogP contribution is -2.33. The zero-order chi connectivity index (χ0) is 18.7. The lowest BCUT2D eigenvalue weighted by Gasteiger charge is -2.15. The van der Waals surface area contributed by atoms with Crippen LogP contribution in [0.2, 0.25) is 0 Å². The molecule has 0 fully saturated rings. The van der Waals surface area contributed by atoms with Crippen LogP contribution in [-0.2, 0) is 0 Å². The Bertz CT molecular complexity index is 930. The lowest BCUT2D eigenvalue weighted by atomic mass is 10.2. The maximum atomic E-state index is 13.8. The van der Waals surface area contributed by atoms with Crippen molar-refractivity contribution in [3.8, 4) is 5.95 Å². The molecule has 1 aromatic carbocycles. The molecular formula is C16H15F2N7O. The van der Waals surface area contributed by atoms with Gasteiger partial charge in [0.1, 0.15) is 18.0 Å². The quantitative estimate of drug-likeness (QED) is 0.746. The van der Waals surface area contributed by atoms with Crippen LogP contribution in [0.4, 0.5) is 19.3 Å². The first-order valence-corrected chi connectivity index (χ1v) is 7.66. The molecular weight excluding hydrogens is 344 g/mol. The minimum absolute atomic E-state index is 0.151. The number of hydrogen-bond acceptors (Lipinski definition) is 5. The van der Waals surface area contributed by atoms with Crippen LogP contribution in [0.25, 0.3) is 5.95 Å². The fourth-order valence-corrected chi connectivity index (χ4v) is 2.26. The molecule has 2 amide bonds. The number of rotatable bonds is 4. The van der Waals surface area contributed by atoms with Gasteiger partial charge in [-0.3, -0.25) is 0 Å². The monoisotopic (exact) mass is 359 g/mol. The van der Waals surface area contributed by atoms with Crippen molar-refractivity contribution in [3.05, 3.63) is 59.9 Å². The molecule has 0 saturated carbocycles. The third kappa shape index (κ3) is 3.63. The van der Waals surface area contributed by atoms with Gasteiger partial charge in [0.2, 0.25) is 0 Å². The predicted octanol–water partition coefficient (Wildman–Crippen LogP) is 2.53. The molecule has 0 saturated heterocycles. The predicted molar refractivity (Wildman–Crippen MR) is 88.6 cm³/mol. The number of benzene rings is 1. The van der Waals surface area contributed by atoms with Gasteiger partial charge in [-0.05, 0) is 31.5 Å². The van der Waals surface area contributed by atoms with Crippen molar-refractivity contribution in [2.75, 3.05) is 5.32 Å². The summed E-state index contributed by atoms with van der Waals surface area (Å²) in [4.78, 5) is 24.3. The number of hydrogen-bond donors (Lipinski definition) is 2. The molecule has 0 bridgehead atoms. The first-order valence-electron chi connectivity index (χ1n) is 7.66. The van der Waals surface area contributed by atoms with E-state index in [1.165, 1.54) is 17.9 Å². The Kier molecular flexibility index (Phi) is 4.83. The average molecular weight is 359 g/mol. The molecule has 0 radical (unpaired) electrons. The van der Waals surface area contributed by atoms with Gasteiger partial charge in [-0.1, -0.05) is 0 Å². The summed E-state index contributed by atoms with van der Waals surface area (Å²) in [7, 11) is 0. The first-order chi connectivity index (χ1) is 12.5. The average Bonchev–Trinajstić information content (AvgIpc) is 3.10. The molecule has 134 valence electrons. The highest BCUT2D eigenvalue weighted by molar-refractivity contribution is 5.89. The molecule has 3 aromatic rings. The maximum absolute atomic E-state index is 13.8. The zero-order valence-corrected chi connectivity index (χ0v) is 13.9. The van der Waals surface area contributed by atoms with E-state index < -0.39 is 23.7 Å². The number of carbonyl (C=O) groups excluding carboxylic acids is 1. The SMILES string of the molecule is Cc1cc(F)c(NC(=O)N[C@@H](C)c2ncnn2-c2ncccn2)cc1F. The molecule has 2 heterocycles. The second kappa shape index (κ2) is 7.21. The molecule has 2 aromatic heterocycles. The Labute approximate surface area is 147 Å². The minimum atomic E-state index is -0.729. The van der Waals surface area contributed by atoms with E-state index in [4.69, 9.17) is 0 Å². The Morgan fingerprint density at radius 2 is 1.88 bits per heavy atom. The summed E-state index contributed by atoms with van der Waals surface area (Å²) >= 11 is 0. The molecule has 2 N–H and O–H groups in total. The van der Waals surface area contributed by atoms with E-state index in [0.29, 0.717) is 11.8 Å². The third-order valence-corrected chi connectivity index (χ3v) is 3.55. The van der Waals surface area contributed by atoms with Gasteiger partial charge < -0.3 is 10.6 Å². The molecule has 3 rings (SSSR count). The van der Waals surface area contributed by atoms with Crippen molar-refractivity contribution in [2.24, 2.45) is 0 Å². The van der Waals surface area contributed by atoms with Crippen LogP contribution >= 0.6 is 0 Å². The van der Waals surface area contributed by atoms with Crippen LogP contribution in [0.5, 0.6) is 0 Å². The Morgan fingerprint density at radius 3 is 2.62 bits per heavy atom. The van der Waals surface area contributed by atoms with Gasteiger partial charge in [0.15, 0.2) is 5.82 Å². The summed E-state index contributed by atoms with van der Waals surface area (Å²) in [5.41, 5.74) is -0.108. The summed E-state index contributed by atoms with van der Waals surface area (Å²) in [6.45, 7) is 3.10. The molecule has 26 heavy (non-hydrogen) atoms. The van der Waals surface area contributed by atoms with Crippen LogP contribution in [0.1, 0.15) is 24.4 Å². The number of aromatic nitrogens is 5. The normalized spacial score (nSPS) is 11.8. The second-order valence-corrected chi connectivity index (χ2v) is 5.48. The number of carbonyl (C=O) groups is 1. The highest BCUT2D eigenvalue weighted by atomic mass is 19.1. The highest BCUT2D eigenvalue weighted by Crippen LogP contribution is 2.19. The van der Waals surface area contributed by atoms with Crippen LogP contribution in [0, 0.1) is 18.6 Å². The van der Waals surface area contributed by atoms with Gasteiger partial charge in [0.25, 0.3) is 5.95 Å². The van der Waals surface area contributed by atoms with Gasteiger partial charge in [-0.15, -0.1) is 0 Å². The van der Waals surface area contributed by atoms with E-state index in [1.807, 2.05) is 0 Å². The van der Waals surface area contributed by atoms with Gasteiger partial charge >= 0.3 is 6.03 Å². The zero-order valence-electron chi connectivity index (χ0n) is 13.9. The minimum Gasteiger partial charge on any atom is -0.328 e. The standard InChI is InChI=1S/C16H15F2N7O/c1-9-6-12(18)13(7-11(9)17)24-16(26)23-10(2)14-21-8-22-25(14)15-19-4-3-5-20-15/h3-8,10H,1-2H3,(H2,23,24,26)/t10-/m0/s1. The van der Waals surface area contributed by atoms with Crippen molar-refractivity contribution in [3.63, 3.8) is 0 Å². The molecule has 0 aliphatic heterocycles. The topological polar surface area (TPSA) is 97.6 Å². The molecule has 0 spiro atoms. The van der Waals surface area contributed by atoms with Crippen molar-refractivity contribution >= 4 is 11.7 Å². The van der Waals surface area contributed by atoms with Crippen molar-refractivity contribution < 1.29 is 13.6 Å². The largest absolute Gasteiger partial charge is 0.328 e. The molecule has 10 heteroatoms. The van der Waals surface area contributed by atoms with Crippen molar-refractivity contribution in [1.82, 2.24) is 30.0 Å². The van der Waals surface area contributed by atoms with Gasteiger partial charge in [-0.2, -0.15) is 9.78 Å². The Morgan fingerprint density at radius 1 is 1.15 bits per heavy atom. The summed E-state index contributed by atoms with van der Waals surface area (Å²) in [6.07, 6.45) is 4.40. The fourth-order valence-electron chi connectivity index (χ4n) is 2.26. The van der Waals surface area contributed by atoms with E-state index in [9.17, 15) is 13.6 Å². The summed E-state index contributed by atoms with van der Waals surface area (Å²) in [6, 6.07) is 2.28.